The predicted molar refractivity (Wildman–Crippen MR) is 86.5 cm³/mol. The van der Waals surface area contributed by atoms with E-state index in [2.05, 4.69) is 59.2 Å². The van der Waals surface area contributed by atoms with Crippen LogP contribution in [0.25, 0.3) is 10.9 Å². The Balaban J connectivity index is 1.58. The van der Waals surface area contributed by atoms with Crippen LogP contribution in [0.4, 0.5) is 0 Å². The number of fused-ring (bicyclic) bond motifs is 1. The molecule has 3 rings (SSSR count). The smallest absolute Gasteiger partial charge is 0.0594 e. The number of rotatable bonds is 5. The third-order valence-corrected chi connectivity index (χ3v) is 4.26. The van der Waals surface area contributed by atoms with Crippen molar-refractivity contribution < 1.29 is 4.74 Å². The molecule has 2 aromatic rings. The van der Waals surface area contributed by atoms with Crippen LogP contribution in [0.3, 0.4) is 0 Å². The minimum absolute atomic E-state index is 0.488. The van der Waals surface area contributed by atoms with E-state index in [1.165, 1.54) is 16.5 Å². The van der Waals surface area contributed by atoms with Crippen molar-refractivity contribution in [2.75, 3.05) is 32.8 Å². The first-order valence-electron chi connectivity index (χ1n) is 7.80. The van der Waals surface area contributed by atoms with Crippen molar-refractivity contribution >= 4 is 10.9 Å². The fourth-order valence-electron chi connectivity index (χ4n) is 3.09. The van der Waals surface area contributed by atoms with Crippen molar-refractivity contribution in [1.29, 1.82) is 0 Å². The molecule has 0 radical (unpaired) electrons. The maximum Gasteiger partial charge on any atom is 0.0594 e. The highest BCUT2D eigenvalue weighted by Crippen LogP contribution is 2.20. The largest absolute Gasteiger partial charge is 0.379 e. The van der Waals surface area contributed by atoms with E-state index in [0.717, 1.165) is 39.4 Å². The second kappa shape index (κ2) is 6.60. The summed E-state index contributed by atoms with van der Waals surface area (Å²) >= 11 is 0. The fraction of sp³-hybridized carbons (Fsp3) is 0.529. The number of nitrogens with zero attached hydrogens (tertiary/aromatic N) is 2. The first-order chi connectivity index (χ1) is 10.2. The van der Waals surface area contributed by atoms with E-state index in [0.29, 0.717) is 6.04 Å². The van der Waals surface area contributed by atoms with Crippen molar-refractivity contribution in [1.82, 2.24) is 14.8 Å². The first kappa shape index (κ1) is 14.6. The molecule has 1 fully saturated rings. The number of benzene rings is 1. The van der Waals surface area contributed by atoms with Gasteiger partial charge in [0.1, 0.15) is 0 Å². The lowest BCUT2D eigenvalue weighted by molar-refractivity contribution is 0.0343. The van der Waals surface area contributed by atoms with Crippen LogP contribution in [0.2, 0.25) is 0 Å². The topological polar surface area (TPSA) is 29.4 Å². The van der Waals surface area contributed by atoms with Crippen molar-refractivity contribution in [2.45, 2.75) is 19.5 Å². The van der Waals surface area contributed by atoms with Gasteiger partial charge >= 0.3 is 0 Å². The van der Waals surface area contributed by atoms with E-state index < -0.39 is 0 Å². The van der Waals surface area contributed by atoms with E-state index in [4.69, 9.17) is 4.74 Å². The highest BCUT2D eigenvalue weighted by Gasteiger charge is 2.14. The monoisotopic (exact) mass is 287 g/mol. The van der Waals surface area contributed by atoms with E-state index in [1.54, 1.807) is 0 Å². The van der Waals surface area contributed by atoms with Gasteiger partial charge in [-0.2, -0.15) is 0 Å². The minimum atomic E-state index is 0.488. The van der Waals surface area contributed by atoms with Gasteiger partial charge in [0.05, 0.1) is 13.2 Å². The van der Waals surface area contributed by atoms with Crippen LogP contribution in [0.15, 0.2) is 30.5 Å². The van der Waals surface area contributed by atoms with E-state index >= 15 is 0 Å². The summed E-state index contributed by atoms with van der Waals surface area (Å²) in [6.07, 6.45) is 2.24. The summed E-state index contributed by atoms with van der Waals surface area (Å²) < 4.78 is 7.60. The molecule has 1 unspecified atom stereocenters. The quantitative estimate of drug-likeness (QED) is 0.912. The van der Waals surface area contributed by atoms with E-state index in [-0.39, 0.29) is 0 Å². The number of ether oxygens (including phenoxy) is 1. The Kier molecular flexibility index (Phi) is 4.58. The van der Waals surface area contributed by atoms with Crippen molar-refractivity contribution in [3.63, 3.8) is 0 Å². The highest BCUT2D eigenvalue weighted by molar-refractivity contribution is 5.83. The molecule has 0 spiro atoms. The van der Waals surface area contributed by atoms with Crippen LogP contribution in [-0.4, -0.2) is 48.4 Å². The maximum atomic E-state index is 5.40. The fourth-order valence-corrected chi connectivity index (χ4v) is 3.09. The van der Waals surface area contributed by atoms with Gasteiger partial charge in [0.15, 0.2) is 0 Å². The van der Waals surface area contributed by atoms with Gasteiger partial charge in [0, 0.05) is 56.4 Å². The average Bonchev–Trinajstić information content (AvgIpc) is 2.83. The number of aromatic nitrogens is 1. The summed E-state index contributed by atoms with van der Waals surface area (Å²) in [7, 11) is 2.11. The molecule has 1 N–H and O–H groups in total. The summed E-state index contributed by atoms with van der Waals surface area (Å²) in [5, 5.41) is 5.01. The van der Waals surface area contributed by atoms with Crippen molar-refractivity contribution in [3.8, 4) is 0 Å². The minimum Gasteiger partial charge on any atom is -0.379 e. The second-order valence-electron chi connectivity index (χ2n) is 5.98. The molecule has 1 aliphatic heterocycles. The number of hydrogen-bond donors (Lipinski definition) is 1. The van der Waals surface area contributed by atoms with E-state index in [9.17, 15) is 0 Å². The third kappa shape index (κ3) is 3.46. The van der Waals surface area contributed by atoms with Gasteiger partial charge in [-0.15, -0.1) is 0 Å². The molecule has 1 aromatic heterocycles. The molecule has 4 heteroatoms. The third-order valence-electron chi connectivity index (χ3n) is 4.26. The number of morpholine rings is 1. The average molecular weight is 287 g/mol. The first-order valence-corrected chi connectivity index (χ1v) is 7.80. The summed E-state index contributed by atoms with van der Waals surface area (Å²) in [4.78, 5) is 2.48. The van der Waals surface area contributed by atoms with Gasteiger partial charge in [-0.05, 0) is 18.6 Å². The van der Waals surface area contributed by atoms with Crippen LogP contribution in [-0.2, 0) is 18.3 Å². The zero-order valence-corrected chi connectivity index (χ0v) is 13.0. The van der Waals surface area contributed by atoms with Gasteiger partial charge in [-0.1, -0.05) is 18.2 Å². The highest BCUT2D eigenvalue weighted by atomic mass is 16.5. The summed E-state index contributed by atoms with van der Waals surface area (Å²) in [6, 6.07) is 9.08. The molecule has 1 aromatic carbocycles. The number of para-hydroxylation sites is 1. The molecular weight excluding hydrogens is 262 g/mol. The Morgan fingerprint density at radius 3 is 2.81 bits per heavy atom. The molecule has 0 saturated carbocycles. The van der Waals surface area contributed by atoms with Crippen molar-refractivity contribution in [3.05, 3.63) is 36.0 Å². The number of aryl methyl sites for hydroxylation is 1. The normalized spacial score (nSPS) is 18.2. The van der Waals surface area contributed by atoms with Crippen LogP contribution < -0.4 is 5.32 Å². The van der Waals surface area contributed by atoms with E-state index in [1.807, 2.05) is 0 Å². The van der Waals surface area contributed by atoms with Gasteiger partial charge in [0.25, 0.3) is 0 Å². The standard InChI is InChI=1S/C17H25N3O/c1-14(12-20-7-9-21-10-8-20)18-11-15-13-19(2)17-6-4-3-5-16(15)17/h3-6,13-14,18H,7-12H2,1-2H3. The second-order valence-corrected chi connectivity index (χ2v) is 5.98. The van der Waals surface area contributed by atoms with Crippen LogP contribution in [0, 0.1) is 0 Å². The Bertz CT molecular complexity index is 587. The molecule has 21 heavy (non-hydrogen) atoms. The molecule has 114 valence electrons. The van der Waals surface area contributed by atoms with Gasteiger partial charge in [-0.25, -0.2) is 0 Å². The number of nitrogens with one attached hydrogen (secondary N) is 1. The van der Waals surface area contributed by atoms with Crippen LogP contribution >= 0.6 is 0 Å². The van der Waals surface area contributed by atoms with Crippen LogP contribution in [0.1, 0.15) is 12.5 Å². The molecule has 0 bridgehead atoms. The summed E-state index contributed by atoms with van der Waals surface area (Å²) in [5.41, 5.74) is 2.68. The zero-order valence-electron chi connectivity index (χ0n) is 13.0. The lowest BCUT2D eigenvalue weighted by Gasteiger charge is -2.29. The lowest BCUT2D eigenvalue weighted by atomic mass is 10.1. The Hall–Kier alpha value is -1.36. The Morgan fingerprint density at radius 1 is 1.24 bits per heavy atom. The maximum absolute atomic E-state index is 5.40. The number of hydrogen-bond acceptors (Lipinski definition) is 3. The molecule has 1 aliphatic rings. The predicted octanol–water partition coefficient (Wildman–Crippen LogP) is 1.99. The summed E-state index contributed by atoms with van der Waals surface area (Å²) in [6.45, 7) is 8.13. The zero-order chi connectivity index (χ0) is 14.7. The van der Waals surface area contributed by atoms with Gasteiger partial charge in [-0.3, -0.25) is 4.90 Å². The SMILES string of the molecule is CC(CN1CCOCC1)NCc1cn(C)c2ccccc12. The van der Waals surface area contributed by atoms with Gasteiger partial charge < -0.3 is 14.6 Å². The van der Waals surface area contributed by atoms with Crippen LogP contribution in [0.5, 0.6) is 0 Å². The molecule has 2 heterocycles. The molecule has 0 amide bonds. The lowest BCUT2D eigenvalue weighted by Crippen LogP contribution is -2.44. The van der Waals surface area contributed by atoms with Crippen molar-refractivity contribution in [2.24, 2.45) is 7.05 Å². The molecular formula is C17H25N3O. The Labute approximate surface area is 126 Å². The summed E-state index contributed by atoms with van der Waals surface area (Å²) in [5.74, 6) is 0. The Morgan fingerprint density at radius 2 is 2.00 bits per heavy atom. The molecule has 4 nitrogen and oxygen atoms in total. The molecule has 1 saturated heterocycles. The van der Waals surface area contributed by atoms with Gasteiger partial charge in [0.2, 0.25) is 0 Å². The molecule has 1 atom stereocenters. The molecule has 0 aliphatic carbocycles.